The van der Waals surface area contributed by atoms with Gasteiger partial charge in [0.2, 0.25) is 5.91 Å². The number of thioether (sulfide) groups is 1. The van der Waals surface area contributed by atoms with Crippen LogP contribution >= 0.6 is 23.1 Å². The average Bonchev–Trinajstić information content (AvgIpc) is 3.24. The lowest BCUT2D eigenvalue weighted by atomic mass is 9.72. The van der Waals surface area contributed by atoms with E-state index in [2.05, 4.69) is 37.5 Å². The highest BCUT2D eigenvalue weighted by molar-refractivity contribution is 8.00. The van der Waals surface area contributed by atoms with Gasteiger partial charge in [0, 0.05) is 33.2 Å². The van der Waals surface area contributed by atoms with Crippen LogP contribution in [0.3, 0.4) is 0 Å². The number of amides is 2. The predicted molar refractivity (Wildman–Crippen MR) is 155 cm³/mol. The van der Waals surface area contributed by atoms with Crippen LogP contribution in [-0.2, 0) is 17.6 Å². The Kier molecular flexibility index (Phi) is 8.42. The number of benzene rings is 2. The topological polar surface area (TPSA) is 125 Å². The largest absolute Gasteiger partial charge is 0.322 e. The van der Waals surface area contributed by atoms with Crippen molar-refractivity contribution in [3.63, 3.8) is 0 Å². The van der Waals surface area contributed by atoms with Gasteiger partial charge in [-0.1, -0.05) is 32.9 Å². The predicted octanol–water partition coefficient (Wildman–Crippen LogP) is 7.05. The molecule has 0 fully saturated rings. The molecular weight excluding hydrogens is 532 g/mol. The normalized spacial score (nSPS) is 15.5. The molecule has 2 aromatic carbocycles. The molecule has 1 heterocycles. The molecule has 2 unspecified atom stereocenters. The summed E-state index contributed by atoms with van der Waals surface area (Å²) in [6.07, 6.45) is 2.81. The number of nitrogens with zero attached hydrogens (tertiary/aromatic N) is 2. The van der Waals surface area contributed by atoms with Gasteiger partial charge in [0.1, 0.15) is 11.1 Å². The highest BCUT2D eigenvalue weighted by Crippen LogP contribution is 2.44. The number of carbonyl (C=O) groups is 2. The van der Waals surface area contributed by atoms with Gasteiger partial charge in [0.25, 0.3) is 11.6 Å². The molecule has 0 aliphatic heterocycles. The maximum Gasteiger partial charge on any atom is 0.270 e. The second-order valence-electron chi connectivity index (χ2n) is 10.7. The lowest BCUT2D eigenvalue weighted by molar-refractivity contribution is -0.384. The van der Waals surface area contributed by atoms with E-state index in [-0.39, 0.29) is 22.6 Å². The molecule has 0 saturated heterocycles. The SMILES string of the molecule is CC(Sc1cccc(NC(=O)c2cccc([N+](=O)[O-])c2)c1)C(=O)Nc1sc2c(c1C#N)CCC(C(C)(C)C)C2. The van der Waals surface area contributed by atoms with Crippen LogP contribution < -0.4 is 10.6 Å². The number of thiophene rings is 1. The van der Waals surface area contributed by atoms with E-state index in [1.54, 1.807) is 25.1 Å². The zero-order chi connectivity index (χ0) is 28.3. The molecule has 1 aliphatic rings. The Morgan fingerprint density at radius 3 is 2.62 bits per heavy atom. The van der Waals surface area contributed by atoms with E-state index in [1.807, 2.05) is 6.07 Å². The Hall–Kier alpha value is -3.68. The maximum atomic E-state index is 13.1. The molecule has 0 bridgehead atoms. The van der Waals surface area contributed by atoms with Crippen LogP contribution in [0.4, 0.5) is 16.4 Å². The summed E-state index contributed by atoms with van der Waals surface area (Å²) in [5, 5.41) is 26.7. The summed E-state index contributed by atoms with van der Waals surface area (Å²) in [5.74, 6) is -0.127. The summed E-state index contributed by atoms with van der Waals surface area (Å²) >= 11 is 2.85. The van der Waals surface area contributed by atoms with Crippen molar-refractivity contribution in [1.29, 1.82) is 5.26 Å². The molecule has 8 nitrogen and oxygen atoms in total. The smallest absolute Gasteiger partial charge is 0.270 e. The monoisotopic (exact) mass is 562 g/mol. The fraction of sp³-hybridized carbons (Fsp3) is 0.345. The minimum absolute atomic E-state index is 0.160. The molecule has 4 rings (SSSR count). The number of rotatable bonds is 7. The van der Waals surface area contributed by atoms with E-state index >= 15 is 0 Å². The number of nitriles is 1. The highest BCUT2D eigenvalue weighted by atomic mass is 32.2. The summed E-state index contributed by atoms with van der Waals surface area (Å²) < 4.78 is 0. The summed E-state index contributed by atoms with van der Waals surface area (Å²) in [5.41, 5.74) is 2.37. The third-order valence-corrected chi connectivity index (χ3v) is 9.20. The Balaban J connectivity index is 1.42. The Morgan fingerprint density at radius 2 is 1.92 bits per heavy atom. The van der Waals surface area contributed by atoms with Gasteiger partial charge in [-0.05, 0) is 67.3 Å². The molecule has 2 amide bonds. The van der Waals surface area contributed by atoms with Crippen LogP contribution in [0, 0.1) is 32.8 Å². The number of hydrogen-bond donors (Lipinski definition) is 2. The standard InChI is InChI=1S/C29H30N4O4S2/c1-17(26(34)32-28-24(16-30)23-12-11-19(29(2,3)4)14-25(23)39-28)38-22-10-6-8-20(15-22)31-27(35)18-7-5-9-21(13-18)33(36)37/h5-10,13,15,17,19H,11-12,14H2,1-4H3,(H,31,35)(H,32,34). The number of nitrogens with one attached hydrogen (secondary N) is 2. The van der Waals surface area contributed by atoms with E-state index in [0.717, 1.165) is 29.7 Å². The molecule has 3 aromatic rings. The first-order chi connectivity index (χ1) is 18.5. The lowest BCUT2D eigenvalue weighted by Gasteiger charge is -2.33. The number of non-ortho nitro benzene ring substituents is 1. The first-order valence-electron chi connectivity index (χ1n) is 12.6. The fourth-order valence-electron chi connectivity index (χ4n) is 4.61. The second kappa shape index (κ2) is 11.6. The Labute approximate surface area is 236 Å². The molecular formula is C29H30N4O4S2. The van der Waals surface area contributed by atoms with E-state index in [0.29, 0.717) is 22.2 Å². The number of hydrogen-bond acceptors (Lipinski definition) is 7. The van der Waals surface area contributed by atoms with Gasteiger partial charge in [0.15, 0.2) is 0 Å². The van der Waals surface area contributed by atoms with Crippen molar-refractivity contribution in [3.05, 3.63) is 80.2 Å². The van der Waals surface area contributed by atoms with Crippen molar-refractivity contribution in [1.82, 2.24) is 0 Å². The Morgan fingerprint density at radius 1 is 1.18 bits per heavy atom. The van der Waals surface area contributed by atoms with Gasteiger partial charge in [-0.15, -0.1) is 23.1 Å². The quantitative estimate of drug-likeness (QED) is 0.181. The zero-order valence-corrected chi connectivity index (χ0v) is 23.9. The van der Waals surface area contributed by atoms with Gasteiger partial charge in [0.05, 0.1) is 15.7 Å². The molecule has 2 N–H and O–H groups in total. The molecule has 0 spiro atoms. The van der Waals surface area contributed by atoms with Gasteiger partial charge in [-0.3, -0.25) is 19.7 Å². The van der Waals surface area contributed by atoms with Crippen molar-refractivity contribution >= 4 is 51.3 Å². The summed E-state index contributed by atoms with van der Waals surface area (Å²) in [6.45, 7) is 8.54. The fourth-order valence-corrected chi connectivity index (χ4v) is 6.82. The van der Waals surface area contributed by atoms with Gasteiger partial charge < -0.3 is 10.6 Å². The highest BCUT2D eigenvalue weighted by Gasteiger charge is 2.32. The molecule has 1 aliphatic carbocycles. The molecule has 0 saturated carbocycles. The van der Waals surface area contributed by atoms with Gasteiger partial charge in [-0.2, -0.15) is 5.26 Å². The number of nitro benzene ring substituents is 1. The zero-order valence-electron chi connectivity index (χ0n) is 22.2. The molecule has 2 atom stereocenters. The van der Waals surface area contributed by atoms with Crippen LogP contribution in [-0.4, -0.2) is 22.0 Å². The minimum atomic E-state index is -0.548. The van der Waals surface area contributed by atoms with Crippen molar-refractivity contribution in [2.24, 2.45) is 11.3 Å². The van der Waals surface area contributed by atoms with Crippen molar-refractivity contribution in [3.8, 4) is 6.07 Å². The number of fused-ring (bicyclic) bond motifs is 1. The number of nitro groups is 1. The molecule has 202 valence electrons. The van der Waals surface area contributed by atoms with E-state index < -0.39 is 16.1 Å². The molecule has 1 aromatic heterocycles. The van der Waals surface area contributed by atoms with Crippen molar-refractivity contribution in [2.75, 3.05) is 10.6 Å². The van der Waals surface area contributed by atoms with Crippen LogP contribution in [0.25, 0.3) is 0 Å². The maximum absolute atomic E-state index is 13.1. The average molecular weight is 563 g/mol. The van der Waals surface area contributed by atoms with Gasteiger partial charge >= 0.3 is 0 Å². The van der Waals surface area contributed by atoms with Crippen LogP contribution in [0.1, 0.15) is 60.5 Å². The number of carbonyl (C=O) groups excluding carboxylic acids is 2. The number of anilines is 2. The van der Waals surface area contributed by atoms with Crippen LogP contribution in [0.2, 0.25) is 0 Å². The second-order valence-corrected chi connectivity index (χ2v) is 13.2. The molecule has 39 heavy (non-hydrogen) atoms. The third-order valence-electron chi connectivity index (χ3n) is 6.93. The molecule has 0 radical (unpaired) electrons. The van der Waals surface area contributed by atoms with Crippen molar-refractivity contribution < 1.29 is 14.5 Å². The lowest BCUT2D eigenvalue weighted by Crippen LogP contribution is -2.26. The minimum Gasteiger partial charge on any atom is -0.322 e. The Bertz CT molecular complexity index is 1470. The van der Waals surface area contributed by atoms with Crippen LogP contribution in [0.15, 0.2) is 53.4 Å². The third kappa shape index (κ3) is 6.67. The van der Waals surface area contributed by atoms with Crippen LogP contribution in [0.5, 0.6) is 0 Å². The van der Waals surface area contributed by atoms with E-state index in [9.17, 15) is 25.0 Å². The summed E-state index contributed by atoms with van der Waals surface area (Å²) in [6, 6.07) is 14.9. The van der Waals surface area contributed by atoms with E-state index in [4.69, 9.17) is 0 Å². The molecule has 10 heteroatoms. The first-order valence-corrected chi connectivity index (χ1v) is 14.3. The summed E-state index contributed by atoms with van der Waals surface area (Å²) in [4.78, 5) is 38.1. The first kappa shape index (κ1) is 28.3. The summed E-state index contributed by atoms with van der Waals surface area (Å²) in [7, 11) is 0. The van der Waals surface area contributed by atoms with E-state index in [1.165, 1.54) is 52.2 Å². The van der Waals surface area contributed by atoms with Crippen molar-refractivity contribution in [2.45, 2.75) is 57.1 Å². The van der Waals surface area contributed by atoms with Gasteiger partial charge in [-0.25, -0.2) is 0 Å².